The summed E-state index contributed by atoms with van der Waals surface area (Å²) in [7, 11) is -2.87. The molecular weight excluding hydrogens is 478 g/mol. The number of ether oxygens (including phenoxy) is 1. The number of aliphatic hydroxyl groups excluding tert-OH is 2. The summed E-state index contributed by atoms with van der Waals surface area (Å²) in [6.45, 7) is 1.94. The van der Waals surface area contributed by atoms with Gasteiger partial charge >= 0.3 is 0 Å². The van der Waals surface area contributed by atoms with E-state index in [1.807, 2.05) is 0 Å². The van der Waals surface area contributed by atoms with Crippen molar-refractivity contribution >= 4 is 39.1 Å². The van der Waals surface area contributed by atoms with Crippen LogP contribution >= 0.6 is 0 Å². The molecule has 2 aromatic carbocycles. The van der Waals surface area contributed by atoms with Crippen LogP contribution in [0.4, 0.5) is 29.0 Å². The number of hydrogen-bond acceptors (Lipinski definition) is 12. The van der Waals surface area contributed by atoms with Gasteiger partial charge in [0, 0.05) is 19.2 Å². The maximum atomic E-state index is 11.3. The van der Waals surface area contributed by atoms with Crippen molar-refractivity contribution in [1.29, 1.82) is 0 Å². The van der Waals surface area contributed by atoms with Crippen LogP contribution in [0.25, 0.3) is 0 Å². The molecule has 4 N–H and O–H groups in total. The molecule has 0 aliphatic rings. The van der Waals surface area contributed by atoms with E-state index in [-0.39, 0.29) is 42.8 Å². The second-order valence-electron chi connectivity index (χ2n) is 7.12. The summed E-state index contributed by atoms with van der Waals surface area (Å²) in [5.74, 6) is 1.40. The van der Waals surface area contributed by atoms with Crippen molar-refractivity contribution in [2.45, 2.75) is 11.8 Å². The Kier molecular flexibility index (Phi) is 8.59. The molecular formula is C21H25N7O6S. The highest BCUT2D eigenvalue weighted by Gasteiger charge is 2.14. The first kappa shape index (κ1) is 25.9. The minimum atomic E-state index is -4.35. The summed E-state index contributed by atoms with van der Waals surface area (Å²) in [4.78, 5) is 14.3. The van der Waals surface area contributed by atoms with Gasteiger partial charge in [0.1, 0.15) is 11.6 Å². The molecule has 1 aromatic heterocycles. The molecule has 0 unspecified atom stereocenters. The van der Waals surface area contributed by atoms with Gasteiger partial charge in [0.05, 0.1) is 42.3 Å². The molecule has 0 saturated carbocycles. The number of hydrogen-bond donors (Lipinski definition) is 4. The number of methoxy groups -OCH3 is 1. The quantitative estimate of drug-likeness (QED) is 0.222. The molecule has 0 radical (unpaired) electrons. The Morgan fingerprint density at radius 1 is 1.00 bits per heavy atom. The zero-order valence-corrected chi connectivity index (χ0v) is 19.8. The minimum Gasteiger partial charge on any atom is -0.494 e. The van der Waals surface area contributed by atoms with Crippen LogP contribution in [-0.2, 0) is 10.1 Å². The van der Waals surface area contributed by atoms with Gasteiger partial charge in [-0.25, -0.2) is 0 Å². The van der Waals surface area contributed by atoms with E-state index in [1.54, 1.807) is 36.1 Å². The third-order valence-electron chi connectivity index (χ3n) is 4.59. The Balaban J connectivity index is 1.84. The third-order valence-corrected chi connectivity index (χ3v) is 5.44. The van der Waals surface area contributed by atoms with E-state index in [9.17, 15) is 23.2 Å². The van der Waals surface area contributed by atoms with E-state index in [4.69, 9.17) is 4.74 Å². The monoisotopic (exact) mass is 503 g/mol. The summed E-state index contributed by atoms with van der Waals surface area (Å²) < 4.78 is 37.2. The van der Waals surface area contributed by atoms with Crippen molar-refractivity contribution in [3.63, 3.8) is 0 Å². The number of nitrogens with one attached hydrogen (secondary N) is 1. The third kappa shape index (κ3) is 7.13. The number of aryl methyl sites for hydroxylation is 1. The molecule has 3 aromatic rings. The van der Waals surface area contributed by atoms with Crippen molar-refractivity contribution in [3.05, 3.63) is 48.3 Å². The van der Waals surface area contributed by atoms with E-state index < -0.39 is 10.1 Å². The molecule has 3 rings (SSSR count). The lowest BCUT2D eigenvalue weighted by Crippen LogP contribution is -2.31. The molecule has 0 spiro atoms. The Hall–Kier alpha value is -3.72. The van der Waals surface area contributed by atoms with E-state index in [2.05, 4.69) is 30.5 Å². The molecule has 186 valence electrons. The van der Waals surface area contributed by atoms with Crippen molar-refractivity contribution in [2.24, 2.45) is 10.2 Å². The number of nitrogens with zero attached hydrogens (tertiary/aromatic N) is 6. The molecule has 0 aliphatic heterocycles. The van der Waals surface area contributed by atoms with Crippen molar-refractivity contribution in [1.82, 2.24) is 15.0 Å². The van der Waals surface area contributed by atoms with Gasteiger partial charge < -0.3 is 25.2 Å². The molecule has 0 aliphatic carbocycles. The molecule has 1 heterocycles. The van der Waals surface area contributed by atoms with Gasteiger partial charge in [0.2, 0.25) is 11.9 Å². The maximum Gasteiger partial charge on any atom is 0.294 e. The van der Waals surface area contributed by atoms with Gasteiger partial charge in [-0.05, 0) is 37.3 Å². The summed E-state index contributed by atoms with van der Waals surface area (Å²) in [6.07, 6.45) is 0. The van der Waals surface area contributed by atoms with Crippen LogP contribution in [0, 0.1) is 6.92 Å². The Bertz CT molecular complexity index is 1300. The van der Waals surface area contributed by atoms with Crippen LogP contribution in [0.3, 0.4) is 0 Å². The minimum absolute atomic E-state index is 0.128. The van der Waals surface area contributed by atoms with Gasteiger partial charge in [-0.15, -0.1) is 0 Å². The van der Waals surface area contributed by atoms with Crippen LogP contribution in [0.15, 0.2) is 57.6 Å². The van der Waals surface area contributed by atoms with Crippen LogP contribution in [-0.4, -0.2) is 71.5 Å². The second-order valence-corrected chi connectivity index (χ2v) is 8.54. The van der Waals surface area contributed by atoms with Crippen LogP contribution < -0.4 is 15.0 Å². The number of aromatic nitrogens is 3. The highest BCUT2D eigenvalue weighted by Crippen LogP contribution is 2.32. The topological polar surface area (TPSA) is 183 Å². The number of aliphatic hydroxyl groups is 2. The van der Waals surface area contributed by atoms with Gasteiger partial charge in [0.25, 0.3) is 10.1 Å². The second kappa shape index (κ2) is 11.6. The predicted molar refractivity (Wildman–Crippen MR) is 128 cm³/mol. The van der Waals surface area contributed by atoms with Crippen molar-refractivity contribution < 1.29 is 27.9 Å². The summed E-state index contributed by atoms with van der Waals surface area (Å²) in [5, 5.41) is 29.7. The average molecular weight is 504 g/mol. The summed E-state index contributed by atoms with van der Waals surface area (Å²) in [5.41, 5.74) is 1.20. The number of rotatable bonds is 11. The average Bonchev–Trinajstić information content (AvgIpc) is 2.82. The molecule has 0 saturated heterocycles. The summed E-state index contributed by atoms with van der Waals surface area (Å²) in [6, 6.07) is 10.4. The molecule has 0 bridgehead atoms. The SMILES string of the molecule is COc1cc(N=Nc2cccc(S(=O)(=O)O)c2)ccc1Nc1nc(C)nc(N(CCO)CCO)n1. The molecule has 14 heteroatoms. The maximum absolute atomic E-state index is 11.3. The predicted octanol–water partition coefficient (Wildman–Crippen LogP) is 2.39. The lowest BCUT2D eigenvalue weighted by molar-refractivity contribution is 0.280. The highest BCUT2D eigenvalue weighted by atomic mass is 32.2. The number of azo groups is 1. The van der Waals surface area contributed by atoms with Crippen LogP contribution in [0.5, 0.6) is 5.75 Å². The standard InChI is InChI=1S/C21H25N7O6S/c1-14-22-20(25-21(23-14)28(8-10-29)9-11-30)24-18-7-6-16(13-19(18)34-2)27-26-15-4-3-5-17(12-15)35(31,32)33/h3-7,12-13,29-30H,8-11H2,1-2H3,(H,31,32,33)(H,22,23,24,25). The zero-order chi connectivity index (χ0) is 25.4. The fourth-order valence-electron chi connectivity index (χ4n) is 3.01. The highest BCUT2D eigenvalue weighted by molar-refractivity contribution is 7.85. The smallest absolute Gasteiger partial charge is 0.294 e. The van der Waals surface area contributed by atoms with Gasteiger partial charge in [0.15, 0.2) is 0 Å². The Morgan fingerprint density at radius 2 is 1.69 bits per heavy atom. The zero-order valence-electron chi connectivity index (χ0n) is 19.0. The molecule has 13 nitrogen and oxygen atoms in total. The molecule has 0 amide bonds. The fraction of sp³-hybridized carbons (Fsp3) is 0.286. The van der Waals surface area contributed by atoms with E-state index in [0.29, 0.717) is 28.9 Å². The normalized spacial score (nSPS) is 11.6. The number of benzene rings is 2. The van der Waals surface area contributed by atoms with Crippen LogP contribution in [0.2, 0.25) is 0 Å². The first-order valence-electron chi connectivity index (χ1n) is 10.4. The lowest BCUT2D eigenvalue weighted by atomic mass is 10.2. The summed E-state index contributed by atoms with van der Waals surface area (Å²) >= 11 is 0. The fourth-order valence-corrected chi connectivity index (χ4v) is 3.53. The van der Waals surface area contributed by atoms with E-state index in [1.165, 1.54) is 25.3 Å². The van der Waals surface area contributed by atoms with Gasteiger partial charge in [-0.3, -0.25) is 4.55 Å². The lowest BCUT2D eigenvalue weighted by Gasteiger charge is -2.21. The van der Waals surface area contributed by atoms with Gasteiger partial charge in [-0.2, -0.15) is 33.6 Å². The number of anilines is 3. The first-order chi connectivity index (χ1) is 16.7. The molecule has 35 heavy (non-hydrogen) atoms. The largest absolute Gasteiger partial charge is 0.494 e. The first-order valence-corrected chi connectivity index (χ1v) is 11.8. The van der Waals surface area contributed by atoms with E-state index in [0.717, 1.165) is 0 Å². The Morgan fingerprint density at radius 3 is 2.31 bits per heavy atom. The van der Waals surface area contributed by atoms with Crippen LogP contribution in [0.1, 0.15) is 5.82 Å². The molecule has 0 atom stereocenters. The molecule has 0 fully saturated rings. The van der Waals surface area contributed by atoms with Gasteiger partial charge in [-0.1, -0.05) is 6.07 Å². The van der Waals surface area contributed by atoms with E-state index >= 15 is 0 Å². The van der Waals surface area contributed by atoms with Crippen molar-refractivity contribution in [2.75, 3.05) is 43.6 Å². The Labute approximate surface area is 201 Å². The van der Waals surface area contributed by atoms with Crippen molar-refractivity contribution in [3.8, 4) is 5.75 Å².